The normalized spacial score (nSPS) is 10.6. The maximum Gasteiger partial charge on any atom is 0.220 e. The molecule has 0 bridgehead atoms. The predicted octanol–water partition coefficient (Wildman–Crippen LogP) is 5.01. The van der Waals surface area contributed by atoms with Gasteiger partial charge in [0.15, 0.2) is 0 Å². The van der Waals surface area contributed by atoms with Crippen LogP contribution in [0.3, 0.4) is 0 Å². The zero-order valence-electron chi connectivity index (χ0n) is 15.7. The summed E-state index contributed by atoms with van der Waals surface area (Å²) in [7, 11) is 0. The second-order valence-electron chi connectivity index (χ2n) is 6.23. The summed E-state index contributed by atoms with van der Waals surface area (Å²) in [6.07, 6.45) is 5.56. The third-order valence-corrected chi connectivity index (χ3v) is 5.72. The number of aryl methyl sites for hydroxylation is 1. The monoisotopic (exact) mass is 459 g/mol. The molecule has 0 aliphatic heterocycles. The largest absolute Gasteiger partial charge is 0.492 e. The van der Waals surface area contributed by atoms with Crippen molar-refractivity contribution in [2.45, 2.75) is 32.7 Å². The standard InChI is InChI=1S/C21H22BrN3O2S/c1-2-15-5-6-19(18(22)12-15)27-11-3-4-20(26)24-13-17-14-28-21(25-17)16-7-9-23-10-8-16/h5-10,12,14H,2-4,11,13H2,1H3,(H,24,26). The molecule has 1 aromatic carbocycles. The molecule has 0 radical (unpaired) electrons. The Bertz CT molecular complexity index is 915. The second-order valence-corrected chi connectivity index (χ2v) is 7.94. The van der Waals surface area contributed by atoms with Crippen LogP contribution < -0.4 is 10.1 Å². The van der Waals surface area contributed by atoms with Gasteiger partial charge in [-0.15, -0.1) is 11.3 Å². The minimum absolute atomic E-state index is 0.00228. The third kappa shape index (κ3) is 5.87. The highest BCUT2D eigenvalue weighted by atomic mass is 79.9. The minimum Gasteiger partial charge on any atom is -0.492 e. The molecule has 0 atom stereocenters. The molecule has 0 aliphatic carbocycles. The van der Waals surface area contributed by atoms with Crippen molar-refractivity contribution in [2.75, 3.05) is 6.61 Å². The lowest BCUT2D eigenvalue weighted by Crippen LogP contribution is -2.23. The van der Waals surface area contributed by atoms with Gasteiger partial charge in [-0.25, -0.2) is 4.98 Å². The first-order chi connectivity index (χ1) is 13.7. The molecular weight excluding hydrogens is 438 g/mol. The second kappa shape index (κ2) is 10.3. The summed E-state index contributed by atoms with van der Waals surface area (Å²) >= 11 is 5.09. The molecule has 146 valence electrons. The van der Waals surface area contributed by atoms with E-state index in [-0.39, 0.29) is 5.91 Å². The van der Waals surface area contributed by atoms with Gasteiger partial charge < -0.3 is 10.1 Å². The number of nitrogens with one attached hydrogen (secondary N) is 1. The van der Waals surface area contributed by atoms with E-state index in [4.69, 9.17) is 4.74 Å². The van der Waals surface area contributed by atoms with E-state index in [1.165, 1.54) is 5.56 Å². The van der Waals surface area contributed by atoms with Crippen molar-refractivity contribution < 1.29 is 9.53 Å². The molecule has 0 spiro atoms. The number of benzene rings is 1. The van der Waals surface area contributed by atoms with E-state index in [0.29, 0.717) is 26.0 Å². The lowest BCUT2D eigenvalue weighted by Gasteiger charge is -2.09. The van der Waals surface area contributed by atoms with Gasteiger partial charge in [0, 0.05) is 29.8 Å². The van der Waals surface area contributed by atoms with Crippen molar-refractivity contribution in [3.63, 3.8) is 0 Å². The molecule has 5 nitrogen and oxygen atoms in total. The Morgan fingerprint density at radius 2 is 2.07 bits per heavy atom. The van der Waals surface area contributed by atoms with E-state index >= 15 is 0 Å². The van der Waals surface area contributed by atoms with E-state index in [2.05, 4.69) is 50.3 Å². The molecule has 3 aromatic rings. The number of amides is 1. The van der Waals surface area contributed by atoms with Crippen molar-refractivity contribution in [3.05, 3.63) is 63.8 Å². The maximum absolute atomic E-state index is 12.0. The van der Waals surface area contributed by atoms with Gasteiger partial charge in [-0.1, -0.05) is 13.0 Å². The topological polar surface area (TPSA) is 64.1 Å². The number of nitrogens with zero attached hydrogens (tertiary/aromatic N) is 2. The molecular formula is C21H22BrN3O2S. The fourth-order valence-electron chi connectivity index (χ4n) is 2.59. The lowest BCUT2D eigenvalue weighted by molar-refractivity contribution is -0.121. The number of hydrogen-bond acceptors (Lipinski definition) is 5. The minimum atomic E-state index is 0.00228. The van der Waals surface area contributed by atoms with Crippen LogP contribution in [0.25, 0.3) is 10.6 Å². The zero-order chi connectivity index (χ0) is 19.8. The molecule has 0 unspecified atom stereocenters. The molecule has 1 amide bonds. The fraction of sp³-hybridized carbons (Fsp3) is 0.286. The molecule has 1 N–H and O–H groups in total. The summed E-state index contributed by atoms with van der Waals surface area (Å²) in [4.78, 5) is 20.6. The molecule has 0 fully saturated rings. The number of ether oxygens (including phenoxy) is 1. The third-order valence-electron chi connectivity index (χ3n) is 4.16. The molecule has 0 aliphatic rings. The van der Waals surface area contributed by atoms with Crippen LogP contribution in [0, 0.1) is 0 Å². The van der Waals surface area contributed by atoms with Gasteiger partial charge in [0.05, 0.1) is 23.3 Å². The summed E-state index contributed by atoms with van der Waals surface area (Å²) in [6, 6.07) is 9.94. The first-order valence-electron chi connectivity index (χ1n) is 9.18. The number of pyridine rings is 1. The highest BCUT2D eigenvalue weighted by molar-refractivity contribution is 9.10. The number of aromatic nitrogens is 2. The van der Waals surface area contributed by atoms with Crippen LogP contribution >= 0.6 is 27.3 Å². The van der Waals surface area contributed by atoms with Gasteiger partial charge in [0.2, 0.25) is 5.91 Å². The van der Waals surface area contributed by atoms with Crippen LogP contribution in [-0.4, -0.2) is 22.5 Å². The number of halogens is 1. The Morgan fingerprint density at radius 1 is 1.25 bits per heavy atom. The number of hydrogen-bond donors (Lipinski definition) is 1. The number of carbonyl (C=O) groups is 1. The quantitative estimate of drug-likeness (QED) is 0.457. The van der Waals surface area contributed by atoms with Crippen molar-refractivity contribution in [2.24, 2.45) is 0 Å². The van der Waals surface area contributed by atoms with Gasteiger partial charge in [0.1, 0.15) is 10.8 Å². The zero-order valence-corrected chi connectivity index (χ0v) is 18.1. The van der Waals surface area contributed by atoms with Crippen molar-refractivity contribution in [3.8, 4) is 16.3 Å². The first kappa shape index (κ1) is 20.5. The summed E-state index contributed by atoms with van der Waals surface area (Å²) in [5.74, 6) is 0.811. The van der Waals surface area contributed by atoms with E-state index in [9.17, 15) is 4.79 Å². The summed E-state index contributed by atoms with van der Waals surface area (Å²) in [6.45, 7) is 3.05. The van der Waals surface area contributed by atoms with Crippen molar-refractivity contribution in [1.82, 2.24) is 15.3 Å². The Kier molecular flexibility index (Phi) is 7.56. The van der Waals surface area contributed by atoms with Gasteiger partial charge in [0.25, 0.3) is 0 Å². The number of thiazole rings is 1. The highest BCUT2D eigenvalue weighted by Gasteiger charge is 2.07. The van der Waals surface area contributed by atoms with Crippen LogP contribution in [0.2, 0.25) is 0 Å². The van der Waals surface area contributed by atoms with E-state index in [1.54, 1.807) is 23.7 Å². The van der Waals surface area contributed by atoms with E-state index in [1.807, 2.05) is 23.6 Å². The predicted molar refractivity (Wildman–Crippen MR) is 115 cm³/mol. The molecule has 3 rings (SSSR count). The Labute approximate surface area is 177 Å². The Hall–Kier alpha value is -2.25. The van der Waals surface area contributed by atoms with Crippen LogP contribution in [0.15, 0.2) is 52.6 Å². The van der Waals surface area contributed by atoms with E-state index in [0.717, 1.165) is 32.9 Å². The molecule has 0 saturated carbocycles. The molecule has 28 heavy (non-hydrogen) atoms. The fourth-order valence-corrected chi connectivity index (χ4v) is 3.96. The average molecular weight is 460 g/mol. The Balaban J connectivity index is 1.38. The number of rotatable bonds is 9. The molecule has 2 heterocycles. The van der Waals surface area contributed by atoms with Crippen molar-refractivity contribution >= 4 is 33.2 Å². The molecule has 2 aromatic heterocycles. The van der Waals surface area contributed by atoms with Crippen LogP contribution in [-0.2, 0) is 17.8 Å². The van der Waals surface area contributed by atoms with Gasteiger partial charge in [-0.2, -0.15) is 0 Å². The highest BCUT2D eigenvalue weighted by Crippen LogP contribution is 2.26. The van der Waals surface area contributed by atoms with Crippen molar-refractivity contribution in [1.29, 1.82) is 0 Å². The van der Waals surface area contributed by atoms with Crippen LogP contribution in [0.1, 0.15) is 31.0 Å². The lowest BCUT2D eigenvalue weighted by atomic mass is 10.2. The summed E-state index contributed by atoms with van der Waals surface area (Å²) in [5, 5.41) is 5.82. The van der Waals surface area contributed by atoms with Gasteiger partial charge in [-0.3, -0.25) is 9.78 Å². The Morgan fingerprint density at radius 3 is 2.82 bits per heavy atom. The maximum atomic E-state index is 12.0. The van der Waals surface area contributed by atoms with E-state index < -0.39 is 0 Å². The van der Waals surface area contributed by atoms with Gasteiger partial charge in [-0.05, 0) is 58.6 Å². The smallest absolute Gasteiger partial charge is 0.220 e. The summed E-state index contributed by atoms with van der Waals surface area (Å²) in [5.41, 5.74) is 3.15. The van der Waals surface area contributed by atoms with Crippen LogP contribution in [0.4, 0.5) is 0 Å². The SMILES string of the molecule is CCc1ccc(OCCCC(=O)NCc2csc(-c3ccncc3)n2)c(Br)c1. The first-order valence-corrected chi connectivity index (χ1v) is 10.9. The molecule has 7 heteroatoms. The van der Waals surface area contributed by atoms with Crippen LogP contribution in [0.5, 0.6) is 5.75 Å². The average Bonchev–Trinajstić information content (AvgIpc) is 3.20. The van der Waals surface area contributed by atoms with Gasteiger partial charge >= 0.3 is 0 Å². The number of carbonyl (C=O) groups excluding carboxylic acids is 1. The molecule has 0 saturated heterocycles. The summed E-state index contributed by atoms with van der Waals surface area (Å²) < 4.78 is 6.71.